The Morgan fingerprint density at radius 3 is 2.44 bits per heavy atom. The Morgan fingerprint density at radius 2 is 2.00 bits per heavy atom. The molecule has 0 unspecified atom stereocenters. The number of hydrogen-bond acceptors (Lipinski definition) is 2. The molecule has 16 heavy (non-hydrogen) atoms. The number of aromatic nitrogens is 1. The number of nitrogens with zero attached hydrogens (tertiary/aromatic N) is 2. The molecule has 1 aromatic heterocycles. The molecule has 2 nitrogen and oxygen atoms in total. The fourth-order valence-corrected chi connectivity index (χ4v) is 1.07. The van der Waals surface area contributed by atoms with E-state index in [0.717, 1.165) is 0 Å². The van der Waals surface area contributed by atoms with Gasteiger partial charge in [-0.2, -0.15) is 5.26 Å². The van der Waals surface area contributed by atoms with Gasteiger partial charge < -0.3 is 0 Å². The second kappa shape index (κ2) is 4.81. The molecule has 0 atom stereocenters. The second-order valence-electron chi connectivity index (χ2n) is 4.62. The Kier molecular flexibility index (Phi) is 3.69. The van der Waals surface area contributed by atoms with E-state index in [1.807, 2.05) is 18.3 Å². The van der Waals surface area contributed by atoms with Crippen LogP contribution in [-0.4, -0.2) is 4.98 Å². The second-order valence-corrected chi connectivity index (χ2v) is 4.62. The first-order valence-electron chi connectivity index (χ1n) is 5.35. The third kappa shape index (κ3) is 3.41. The summed E-state index contributed by atoms with van der Waals surface area (Å²) in [6.45, 7) is 7.84. The molecule has 0 aliphatic rings. The quantitative estimate of drug-likeness (QED) is 0.671. The predicted molar refractivity (Wildman–Crippen MR) is 64.6 cm³/mol. The highest BCUT2D eigenvalue weighted by Crippen LogP contribution is 2.13. The normalized spacial score (nSPS) is 10.5. The lowest BCUT2D eigenvalue weighted by Crippen LogP contribution is -2.03. The van der Waals surface area contributed by atoms with E-state index in [1.54, 1.807) is 13.8 Å². The third-order valence-electron chi connectivity index (χ3n) is 2.24. The van der Waals surface area contributed by atoms with E-state index in [-0.39, 0.29) is 0 Å². The summed E-state index contributed by atoms with van der Waals surface area (Å²) in [5.41, 5.74) is 1.30. The summed E-state index contributed by atoms with van der Waals surface area (Å²) in [5.74, 6) is 6.30. The van der Waals surface area contributed by atoms with Gasteiger partial charge in [0.05, 0.1) is 6.07 Å². The van der Waals surface area contributed by atoms with Gasteiger partial charge in [-0.25, -0.2) is 4.98 Å². The first-order valence-corrected chi connectivity index (χ1v) is 5.35. The topological polar surface area (TPSA) is 36.7 Å². The van der Waals surface area contributed by atoms with Gasteiger partial charge in [0.2, 0.25) is 0 Å². The number of hydrogen-bond donors (Lipinski definition) is 0. The number of pyridine rings is 1. The molecule has 0 saturated heterocycles. The molecule has 0 N–H and O–H groups in total. The average Bonchev–Trinajstić information content (AvgIpc) is 2.27. The van der Waals surface area contributed by atoms with E-state index in [0.29, 0.717) is 11.6 Å². The molecule has 0 bridgehead atoms. The summed E-state index contributed by atoms with van der Waals surface area (Å²) in [5, 5.41) is 8.82. The number of rotatable bonds is 1. The fraction of sp³-hybridized carbons (Fsp3) is 0.429. The summed E-state index contributed by atoms with van der Waals surface area (Å²) in [6.07, 6.45) is 1.84. The van der Waals surface area contributed by atoms with E-state index in [2.05, 4.69) is 36.7 Å². The van der Waals surface area contributed by atoms with Gasteiger partial charge >= 0.3 is 0 Å². The van der Waals surface area contributed by atoms with E-state index in [9.17, 15) is 0 Å². The summed E-state index contributed by atoms with van der Waals surface area (Å²) < 4.78 is 0. The lowest BCUT2D eigenvalue weighted by molar-refractivity contribution is 0.673. The molecule has 1 aromatic rings. The molecule has 0 radical (unpaired) electrons. The van der Waals surface area contributed by atoms with Crippen LogP contribution in [0.3, 0.4) is 0 Å². The van der Waals surface area contributed by atoms with Crippen LogP contribution in [0.4, 0.5) is 0 Å². The van der Waals surface area contributed by atoms with Gasteiger partial charge in [-0.3, -0.25) is 0 Å². The van der Waals surface area contributed by atoms with Gasteiger partial charge in [0.1, 0.15) is 11.1 Å². The zero-order valence-electron chi connectivity index (χ0n) is 10.2. The van der Waals surface area contributed by atoms with Crippen LogP contribution in [-0.2, 0) is 0 Å². The van der Waals surface area contributed by atoms with Crippen molar-refractivity contribution in [3.8, 4) is 17.9 Å². The van der Waals surface area contributed by atoms with Crippen LogP contribution < -0.4 is 0 Å². The lowest BCUT2D eigenvalue weighted by atomic mass is 9.97. The van der Waals surface area contributed by atoms with Gasteiger partial charge in [-0.15, -0.1) is 0 Å². The zero-order chi connectivity index (χ0) is 12.2. The van der Waals surface area contributed by atoms with Crippen LogP contribution in [0.15, 0.2) is 18.3 Å². The van der Waals surface area contributed by atoms with E-state index in [4.69, 9.17) is 5.26 Å². The Bertz CT molecular complexity index is 450. The Hall–Kier alpha value is -1.80. The van der Waals surface area contributed by atoms with Gasteiger partial charge in [-0.05, 0) is 37.3 Å². The summed E-state index contributed by atoms with van der Waals surface area (Å²) in [4.78, 5) is 4.25. The highest BCUT2D eigenvalue weighted by molar-refractivity contribution is 5.33. The molecule has 1 heterocycles. The van der Waals surface area contributed by atoms with E-state index in [1.165, 1.54) is 5.56 Å². The third-order valence-corrected chi connectivity index (χ3v) is 2.24. The highest BCUT2D eigenvalue weighted by Gasteiger charge is 2.11. The van der Waals surface area contributed by atoms with Crippen molar-refractivity contribution in [1.82, 2.24) is 4.98 Å². The van der Waals surface area contributed by atoms with Crippen LogP contribution in [0.25, 0.3) is 0 Å². The molecular weight excluding hydrogens is 196 g/mol. The van der Waals surface area contributed by atoms with Crippen LogP contribution in [0.1, 0.15) is 44.9 Å². The first kappa shape index (κ1) is 12.3. The van der Waals surface area contributed by atoms with Crippen molar-refractivity contribution in [1.29, 1.82) is 5.26 Å². The van der Waals surface area contributed by atoms with E-state index >= 15 is 0 Å². The molecule has 82 valence electrons. The first-order chi connectivity index (χ1) is 7.44. The Labute approximate surface area is 97.3 Å². The molecule has 0 aromatic carbocycles. The average molecular weight is 212 g/mol. The molecular formula is C14H16N2. The lowest BCUT2D eigenvalue weighted by Gasteiger charge is -2.04. The molecule has 0 fully saturated rings. The minimum Gasteiger partial charge on any atom is -0.248 e. The van der Waals surface area contributed by atoms with Gasteiger partial charge in [-0.1, -0.05) is 25.8 Å². The molecule has 2 heteroatoms. The molecule has 0 aliphatic heterocycles. The van der Waals surface area contributed by atoms with Gasteiger partial charge in [0, 0.05) is 6.20 Å². The van der Waals surface area contributed by atoms with Crippen molar-refractivity contribution in [3.05, 3.63) is 29.6 Å². The van der Waals surface area contributed by atoms with Crippen molar-refractivity contribution in [2.24, 2.45) is 5.41 Å². The molecule has 0 amide bonds. The maximum atomic E-state index is 8.82. The predicted octanol–water partition coefficient (Wildman–Crippen LogP) is 3.11. The van der Waals surface area contributed by atoms with Crippen LogP contribution in [0, 0.1) is 28.6 Å². The number of nitriles is 1. The standard InChI is InChI=1S/C14H16N2/c1-11(2)12-5-6-13(16-9-12)7-8-14(3,4)10-15/h5-6,9,11H,1-4H3. The Balaban J connectivity index is 2.89. The van der Waals surface area contributed by atoms with E-state index < -0.39 is 5.41 Å². The summed E-state index contributed by atoms with van der Waals surface area (Å²) in [6, 6.07) is 6.07. The van der Waals surface area contributed by atoms with Crippen LogP contribution >= 0.6 is 0 Å². The van der Waals surface area contributed by atoms with Gasteiger partial charge in [0.25, 0.3) is 0 Å². The van der Waals surface area contributed by atoms with Crippen molar-refractivity contribution in [2.45, 2.75) is 33.6 Å². The zero-order valence-corrected chi connectivity index (χ0v) is 10.2. The highest BCUT2D eigenvalue weighted by atomic mass is 14.7. The van der Waals surface area contributed by atoms with Crippen molar-refractivity contribution in [3.63, 3.8) is 0 Å². The molecule has 0 saturated carbocycles. The summed E-state index contributed by atoms with van der Waals surface area (Å²) in [7, 11) is 0. The largest absolute Gasteiger partial charge is 0.248 e. The smallest absolute Gasteiger partial charge is 0.113 e. The molecule has 0 spiro atoms. The van der Waals surface area contributed by atoms with Crippen molar-refractivity contribution < 1.29 is 0 Å². The monoisotopic (exact) mass is 212 g/mol. The van der Waals surface area contributed by atoms with Crippen molar-refractivity contribution in [2.75, 3.05) is 0 Å². The molecule has 1 rings (SSSR count). The molecule has 0 aliphatic carbocycles. The van der Waals surface area contributed by atoms with Gasteiger partial charge in [0.15, 0.2) is 0 Å². The minimum absolute atomic E-state index is 0.477. The minimum atomic E-state index is -0.613. The fourth-order valence-electron chi connectivity index (χ4n) is 1.07. The Morgan fingerprint density at radius 1 is 1.31 bits per heavy atom. The maximum absolute atomic E-state index is 8.82. The van der Waals surface area contributed by atoms with Crippen LogP contribution in [0.2, 0.25) is 0 Å². The summed E-state index contributed by atoms with van der Waals surface area (Å²) >= 11 is 0. The maximum Gasteiger partial charge on any atom is 0.113 e. The van der Waals surface area contributed by atoms with Crippen molar-refractivity contribution >= 4 is 0 Å². The van der Waals surface area contributed by atoms with Crippen LogP contribution in [0.5, 0.6) is 0 Å². The SMILES string of the molecule is CC(C)c1ccc(C#CC(C)(C)C#N)nc1.